The summed E-state index contributed by atoms with van der Waals surface area (Å²) in [5.41, 5.74) is 21.3. The van der Waals surface area contributed by atoms with Gasteiger partial charge >= 0.3 is 5.97 Å². The molecule has 0 aromatic rings. The molecule has 0 saturated heterocycles. The van der Waals surface area contributed by atoms with E-state index in [1.165, 1.54) is 6.92 Å². The molecule has 0 aliphatic carbocycles. The van der Waals surface area contributed by atoms with Crippen molar-refractivity contribution in [2.75, 3.05) is 6.54 Å². The molecular formula is C19H36N8O7. The van der Waals surface area contributed by atoms with E-state index in [4.69, 9.17) is 22.9 Å². The molecule has 4 amide bonds. The zero-order chi connectivity index (χ0) is 26.6. The molecule has 0 spiro atoms. The maximum atomic E-state index is 12.8. The second-order valence-corrected chi connectivity index (χ2v) is 8.08. The van der Waals surface area contributed by atoms with Crippen molar-refractivity contribution in [2.45, 2.75) is 70.3 Å². The average molecular weight is 489 g/mol. The topological polar surface area (TPSA) is 278 Å². The van der Waals surface area contributed by atoms with Gasteiger partial charge in [0.2, 0.25) is 23.6 Å². The van der Waals surface area contributed by atoms with Gasteiger partial charge in [-0.1, -0.05) is 13.8 Å². The third-order valence-corrected chi connectivity index (χ3v) is 4.68. The van der Waals surface area contributed by atoms with Gasteiger partial charge in [-0.15, -0.1) is 0 Å². The van der Waals surface area contributed by atoms with E-state index in [1.807, 2.05) is 0 Å². The van der Waals surface area contributed by atoms with E-state index in [9.17, 15) is 34.2 Å². The number of hydrogen-bond acceptors (Lipinski definition) is 8. The van der Waals surface area contributed by atoms with Gasteiger partial charge in [0.25, 0.3) is 0 Å². The van der Waals surface area contributed by atoms with Crippen LogP contribution in [0.2, 0.25) is 0 Å². The summed E-state index contributed by atoms with van der Waals surface area (Å²) in [4.78, 5) is 64.0. The number of nitrogens with zero attached hydrogens (tertiary/aromatic N) is 1. The molecule has 15 nitrogen and oxygen atoms in total. The van der Waals surface area contributed by atoms with E-state index in [-0.39, 0.29) is 31.3 Å². The molecule has 34 heavy (non-hydrogen) atoms. The summed E-state index contributed by atoms with van der Waals surface area (Å²) in [6, 6.07) is -5.34. The Kier molecular flexibility index (Phi) is 13.2. The molecule has 13 N–H and O–H groups in total. The van der Waals surface area contributed by atoms with Crippen molar-refractivity contribution >= 4 is 35.6 Å². The van der Waals surface area contributed by atoms with E-state index in [2.05, 4.69) is 20.9 Å². The maximum absolute atomic E-state index is 12.8. The second-order valence-electron chi connectivity index (χ2n) is 8.08. The van der Waals surface area contributed by atoms with E-state index in [0.717, 1.165) is 0 Å². The third kappa shape index (κ3) is 11.4. The molecule has 5 atom stereocenters. The van der Waals surface area contributed by atoms with Gasteiger partial charge in [-0.2, -0.15) is 0 Å². The van der Waals surface area contributed by atoms with Gasteiger partial charge in [-0.05, 0) is 25.7 Å². The maximum Gasteiger partial charge on any atom is 0.326 e. The van der Waals surface area contributed by atoms with Gasteiger partial charge in [-0.25, -0.2) is 4.79 Å². The Labute approximate surface area is 197 Å². The van der Waals surface area contributed by atoms with E-state index < -0.39 is 66.3 Å². The first-order chi connectivity index (χ1) is 15.7. The molecule has 0 heterocycles. The van der Waals surface area contributed by atoms with Gasteiger partial charge in [0, 0.05) is 6.54 Å². The summed E-state index contributed by atoms with van der Waals surface area (Å²) in [5.74, 6) is -5.42. The number of carboxylic acids is 1. The number of aliphatic hydroxyl groups excluding tert-OH is 1. The Morgan fingerprint density at radius 3 is 1.88 bits per heavy atom. The van der Waals surface area contributed by atoms with Gasteiger partial charge in [-0.3, -0.25) is 24.2 Å². The summed E-state index contributed by atoms with van der Waals surface area (Å²) in [7, 11) is 0. The highest BCUT2D eigenvalue weighted by Crippen LogP contribution is 2.05. The minimum absolute atomic E-state index is 0.0384. The van der Waals surface area contributed by atoms with E-state index in [0.29, 0.717) is 0 Å². The number of aliphatic imine (C=N–C) groups is 1. The number of nitrogens with one attached hydrogen (secondary N) is 3. The standard InChI is InChI=1S/C19H36N8O7/c1-8(2)13(21)16(31)27-14(9(3)28)17(32)25-10(5-4-6-24-19(22)23)15(30)26-11(18(33)34)7-12(20)29/h8-11,13-14,28H,4-7,21H2,1-3H3,(H2,20,29)(H,25,32)(H,26,30)(H,27,31)(H,33,34)(H4,22,23,24). The number of aliphatic carboxylic acids is 1. The Morgan fingerprint density at radius 1 is 0.882 bits per heavy atom. The number of amides is 4. The summed E-state index contributed by atoms with van der Waals surface area (Å²) < 4.78 is 0. The molecular weight excluding hydrogens is 452 g/mol. The lowest BCUT2D eigenvalue weighted by molar-refractivity contribution is -0.144. The van der Waals surface area contributed by atoms with Crippen molar-refractivity contribution in [3.8, 4) is 0 Å². The molecule has 0 bridgehead atoms. The summed E-state index contributed by atoms with van der Waals surface area (Å²) in [5, 5.41) is 26.1. The fourth-order valence-electron chi connectivity index (χ4n) is 2.66. The molecule has 15 heteroatoms. The van der Waals surface area contributed by atoms with Crippen LogP contribution in [0.1, 0.15) is 40.0 Å². The lowest BCUT2D eigenvalue weighted by Crippen LogP contribution is -2.60. The van der Waals surface area contributed by atoms with Gasteiger partial charge < -0.3 is 49.1 Å². The van der Waals surface area contributed by atoms with Crippen LogP contribution in [0, 0.1) is 5.92 Å². The van der Waals surface area contributed by atoms with Crippen LogP contribution in [-0.4, -0.2) is 82.6 Å². The van der Waals surface area contributed by atoms with Crippen LogP contribution in [-0.2, 0) is 24.0 Å². The molecule has 0 saturated carbocycles. The predicted octanol–water partition coefficient (Wildman–Crippen LogP) is -4.18. The number of primary amides is 1. The molecule has 0 aliphatic heterocycles. The van der Waals surface area contributed by atoms with Crippen LogP contribution in [0.15, 0.2) is 4.99 Å². The normalized spacial score (nSPS) is 15.2. The predicted molar refractivity (Wildman–Crippen MR) is 122 cm³/mol. The zero-order valence-electron chi connectivity index (χ0n) is 19.5. The smallest absolute Gasteiger partial charge is 0.326 e. The van der Waals surface area contributed by atoms with Crippen molar-refractivity contribution in [3.63, 3.8) is 0 Å². The Balaban J connectivity index is 5.59. The van der Waals surface area contributed by atoms with Crippen molar-refractivity contribution in [2.24, 2.45) is 33.8 Å². The highest BCUT2D eigenvalue weighted by Gasteiger charge is 2.33. The fraction of sp³-hybridized carbons (Fsp3) is 0.684. The number of hydrogen-bond donors (Lipinski definition) is 9. The average Bonchev–Trinajstić information content (AvgIpc) is 2.71. The molecule has 0 aliphatic rings. The van der Waals surface area contributed by atoms with Gasteiger partial charge in [0.05, 0.1) is 18.6 Å². The monoisotopic (exact) mass is 488 g/mol. The highest BCUT2D eigenvalue weighted by molar-refractivity contribution is 5.95. The van der Waals surface area contributed by atoms with Crippen LogP contribution >= 0.6 is 0 Å². The number of aliphatic hydroxyl groups is 1. The number of guanidine groups is 1. The van der Waals surface area contributed by atoms with Crippen LogP contribution in [0.25, 0.3) is 0 Å². The fourth-order valence-corrected chi connectivity index (χ4v) is 2.66. The Morgan fingerprint density at radius 2 is 1.44 bits per heavy atom. The van der Waals surface area contributed by atoms with Gasteiger partial charge in [0.15, 0.2) is 5.96 Å². The zero-order valence-corrected chi connectivity index (χ0v) is 19.5. The lowest BCUT2D eigenvalue weighted by Gasteiger charge is -2.27. The Bertz CT molecular complexity index is 768. The largest absolute Gasteiger partial charge is 0.480 e. The molecule has 0 fully saturated rings. The summed E-state index contributed by atoms with van der Waals surface area (Å²) >= 11 is 0. The van der Waals surface area contributed by atoms with Crippen molar-refractivity contribution < 1.29 is 34.2 Å². The van der Waals surface area contributed by atoms with Crippen LogP contribution in [0.4, 0.5) is 0 Å². The van der Waals surface area contributed by atoms with Gasteiger partial charge in [0.1, 0.15) is 18.1 Å². The number of nitrogens with two attached hydrogens (primary N) is 4. The molecule has 0 aromatic heterocycles. The Hall–Kier alpha value is -3.46. The first kappa shape index (κ1) is 30.5. The van der Waals surface area contributed by atoms with E-state index >= 15 is 0 Å². The minimum Gasteiger partial charge on any atom is -0.480 e. The SMILES string of the molecule is CC(C)C(N)C(=O)NC(C(=O)NC(CCCN=C(N)N)C(=O)NC(CC(N)=O)C(=O)O)C(C)O. The quantitative estimate of drug-likeness (QED) is 0.0608. The molecule has 0 rings (SSSR count). The molecule has 5 unspecified atom stereocenters. The number of carbonyl (C=O) groups excluding carboxylic acids is 4. The molecule has 194 valence electrons. The molecule has 0 aromatic carbocycles. The van der Waals surface area contributed by atoms with Crippen LogP contribution < -0.4 is 38.9 Å². The highest BCUT2D eigenvalue weighted by atomic mass is 16.4. The molecule has 0 radical (unpaired) electrons. The minimum atomic E-state index is -1.63. The first-order valence-electron chi connectivity index (χ1n) is 10.6. The first-order valence-corrected chi connectivity index (χ1v) is 10.6. The third-order valence-electron chi connectivity index (χ3n) is 4.68. The number of rotatable bonds is 15. The van der Waals surface area contributed by atoms with Crippen molar-refractivity contribution in [1.82, 2.24) is 16.0 Å². The van der Waals surface area contributed by atoms with Crippen molar-refractivity contribution in [3.05, 3.63) is 0 Å². The summed E-state index contributed by atoms with van der Waals surface area (Å²) in [6.45, 7) is 4.76. The van der Waals surface area contributed by atoms with Crippen LogP contribution in [0.5, 0.6) is 0 Å². The number of carbonyl (C=O) groups is 5. The van der Waals surface area contributed by atoms with E-state index in [1.54, 1.807) is 13.8 Å². The number of carboxylic acid groups (broad SMARTS) is 1. The lowest BCUT2D eigenvalue weighted by atomic mass is 10.0. The summed E-state index contributed by atoms with van der Waals surface area (Å²) in [6.07, 6.45) is -1.86. The van der Waals surface area contributed by atoms with Crippen LogP contribution in [0.3, 0.4) is 0 Å². The second kappa shape index (κ2) is 14.6. The van der Waals surface area contributed by atoms with Crippen molar-refractivity contribution in [1.29, 1.82) is 0 Å².